The molecule has 0 saturated carbocycles. The third kappa shape index (κ3) is 5.05. The summed E-state index contributed by atoms with van der Waals surface area (Å²) in [5.41, 5.74) is 3.07. The molecule has 8 nitrogen and oxygen atoms in total. The standard InChI is InChI=1S/C22H23ClN6O2S/c1-13(2)17-9-4-14(3)10-18(17)30-11-19-25-28-22(29(19)24)32-12-20-26-27-21(31-20)15-5-7-16(23)8-6-15/h4-10,13H,11-12,24H2,1-3H3. The highest BCUT2D eigenvalue weighted by atomic mass is 35.5. The normalized spacial score (nSPS) is 11.3. The number of hydrogen-bond acceptors (Lipinski definition) is 8. The van der Waals surface area contributed by atoms with Gasteiger partial charge in [0.1, 0.15) is 12.4 Å². The van der Waals surface area contributed by atoms with E-state index in [1.807, 2.05) is 25.1 Å². The number of nitrogen functional groups attached to an aromatic ring is 1. The lowest BCUT2D eigenvalue weighted by atomic mass is 10.0. The number of hydrogen-bond donors (Lipinski definition) is 1. The Balaban J connectivity index is 1.39. The van der Waals surface area contributed by atoms with Gasteiger partial charge in [-0.05, 0) is 54.3 Å². The Morgan fingerprint density at radius 3 is 2.62 bits per heavy atom. The van der Waals surface area contributed by atoms with Crippen LogP contribution >= 0.6 is 23.4 Å². The topological polar surface area (TPSA) is 105 Å². The summed E-state index contributed by atoms with van der Waals surface area (Å²) < 4.78 is 13.2. The zero-order valence-corrected chi connectivity index (χ0v) is 19.5. The van der Waals surface area contributed by atoms with Crippen molar-refractivity contribution in [3.8, 4) is 17.2 Å². The first kappa shape index (κ1) is 22.2. The molecule has 0 unspecified atom stereocenters. The molecule has 32 heavy (non-hydrogen) atoms. The molecule has 10 heteroatoms. The maximum Gasteiger partial charge on any atom is 0.247 e. The lowest BCUT2D eigenvalue weighted by molar-refractivity contribution is 0.287. The van der Waals surface area contributed by atoms with Crippen molar-refractivity contribution < 1.29 is 9.15 Å². The molecule has 4 rings (SSSR count). The van der Waals surface area contributed by atoms with Crippen LogP contribution in [0.3, 0.4) is 0 Å². The van der Waals surface area contributed by atoms with Crippen LogP contribution in [0.25, 0.3) is 11.5 Å². The molecule has 2 heterocycles. The van der Waals surface area contributed by atoms with E-state index in [9.17, 15) is 0 Å². The van der Waals surface area contributed by atoms with E-state index in [4.69, 9.17) is 26.6 Å². The molecule has 2 N–H and O–H groups in total. The Bertz CT molecular complexity index is 1210. The van der Waals surface area contributed by atoms with Crippen LogP contribution in [-0.2, 0) is 12.4 Å². The lowest BCUT2D eigenvalue weighted by Crippen LogP contribution is -2.16. The minimum atomic E-state index is 0.217. The van der Waals surface area contributed by atoms with Gasteiger partial charge in [-0.25, -0.2) is 4.68 Å². The largest absolute Gasteiger partial charge is 0.485 e. The molecule has 0 saturated heterocycles. The van der Waals surface area contributed by atoms with Crippen molar-refractivity contribution in [2.24, 2.45) is 0 Å². The third-order valence-electron chi connectivity index (χ3n) is 4.77. The lowest BCUT2D eigenvalue weighted by Gasteiger charge is -2.14. The van der Waals surface area contributed by atoms with Gasteiger partial charge in [-0.15, -0.1) is 20.4 Å². The van der Waals surface area contributed by atoms with Crippen LogP contribution in [0.4, 0.5) is 0 Å². The minimum absolute atomic E-state index is 0.217. The third-order valence-corrected chi connectivity index (χ3v) is 5.95. The highest BCUT2D eigenvalue weighted by Gasteiger charge is 2.15. The highest BCUT2D eigenvalue weighted by molar-refractivity contribution is 7.98. The Labute approximate surface area is 195 Å². The van der Waals surface area contributed by atoms with Crippen molar-refractivity contribution in [2.45, 2.75) is 44.2 Å². The van der Waals surface area contributed by atoms with E-state index in [1.165, 1.54) is 16.4 Å². The molecular weight excluding hydrogens is 448 g/mol. The van der Waals surface area contributed by atoms with Crippen molar-refractivity contribution in [1.82, 2.24) is 25.1 Å². The number of halogens is 1. The van der Waals surface area contributed by atoms with Crippen LogP contribution in [0.1, 0.15) is 42.6 Å². The van der Waals surface area contributed by atoms with E-state index >= 15 is 0 Å². The van der Waals surface area contributed by atoms with E-state index in [1.54, 1.807) is 12.1 Å². The summed E-state index contributed by atoms with van der Waals surface area (Å²) in [7, 11) is 0. The maximum absolute atomic E-state index is 6.18. The summed E-state index contributed by atoms with van der Waals surface area (Å²) in [6.07, 6.45) is 0. The van der Waals surface area contributed by atoms with Crippen molar-refractivity contribution in [2.75, 3.05) is 5.84 Å². The highest BCUT2D eigenvalue weighted by Crippen LogP contribution is 2.28. The van der Waals surface area contributed by atoms with Gasteiger partial charge >= 0.3 is 0 Å². The van der Waals surface area contributed by atoms with Crippen LogP contribution in [0, 0.1) is 6.92 Å². The molecule has 0 aliphatic heterocycles. The Morgan fingerprint density at radius 1 is 1.09 bits per heavy atom. The molecule has 0 radical (unpaired) electrons. The van der Waals surface area contributed by atoms with Crippen molar-refractivity contribution in [3.63, 3.8) is 0 Å². The molecule has 0 bridgehead atoms. The number of nitrogens with two attached hydrogens (primary N) is 1. The first-order valence-electron chi connectivity index (χ1n) is 10.0. The van der Waals surface area contributed by atoms with Gasteiger partial charge in [0, 0.05) is 10.6 Å². The number of thioether (sulfide) groups is 1. The van der Waals surface area contributed by atoms with Crippen molar-refractivity contribution in [1.29, 1.82) is 0 Å². The molecule has 2 aromatic heterocycles. The fraction of sp³-hybridized carbons (Fsp3) is 0.273. The van der Waals surface area contributed by atoms with Gasteiger partial charge in [0.2, 0.25) is 16.9 Å². The van der Waals surface area contributed by atoms with Crippen molar-refractivity contribution >= 4 is 23.4 Å². The quantitative estimate of drug-likeness (QED) is 0.283. The van der Waals surface area contributed by atoms with Gasteiger partial charge in [0.25, 0.3) is 0 Å². The summed E-state index contributed by atoms with van der Waals surface area (Å²) in [6, 6.07) is 13.4. The molecule has 0 atom stereocenters. The van der Waals surface area contributed by atoms with Crippen LogP contribution < -0.4 is 10.6 Å². The molecule has 0 amide bonds. The Morgan fingerprint density at radius 2 is 1.88 bits per heavy atom. The zero-order valence-electron chi connectivity index (χ0n) is 17.9. The average Bonchev–Trinajstić information content (AvgIpc) is 3.38. The SMILES string of the molecule is Cc1ccc(C(C)C)c(OCc2nnc(SCc3nnc(-c4ccc(Cl)cc4)o3)n2N)c1. The second-order valence-corrected chi connectivity index (χ2v) is 8.93. The molecular formula is C22H23ClN6O2S. The number of aromatic nitrogens is 5. The van der Waals surface area contributed by atoms with E-state index in [0.717, 1.165) is 22.4 Å². The monoisotopic (exact) mass is 470 g/mol. The average molecular weight is 471 g/mol. The second kappa shape index (κ2) is 9.62. The van der Waals surface area contributed by atoms with E-state index in [2.05, 4.69) is 46.4 Å². The number of rotatable bonds is 8. The molecule has 0 aliphatic carbocycles. The van der Waals surface area contributed by atoms with Gasteiger partial charge in [0.05, 0.1) is 5.75 Å². The van der Waals surface area contributed by atoms with Crippen LogP contribution in [-0.4, -0.2) is 25.1 Å². The van der Waals surface area contributed by atoms with Gasteiger partial charge in [-0.2, -0.15) is 0 Å². The van der Waals surface area contributed by atoms with Crippen LogP contribution in [0.15, 0.2) is 52.0 Å². The summed E-state index contributed by atoms with van der Waals surface area (Å²) in [5.74, 6) is 9.18. The van der Waals surface area contributed by atoms with Crippen molar-refractivity contribution in [3.05, 3.63) is 70.3 Å². The fourth-order valence-corrected chi connectivity index (χ4v) is 3.88. The van der Waals surface area contributed by atoms with Crippen LogP contribution in [0.5, 0.6) is 5.75 Å². The summed E-state index contributed by atoms with van der Waals surface area (Å²) in [5, 5.41) is 17.7. The van der Waals surface area contributed by atoms with Gasteiger partial charge in [-0.3, -0.25) is 0 Å². The van der Waals surface area contributed by atoms with Gasteiger partial charge in [0.15, 0.2) is 5.82 Å². The summed E-state index contributed by atoms with van der Waals surface area (Å²) >= 11 is 7.27. The molecule has 0 fully saturated rings. The van der Waals surface area contributed by atoms with E-state index in [0.29, 0.717) is 39.5 Å². The first-order valence-corrected chi connectivity index (χ1v) is 11.4. The van der Waals surface area contributed by atoms with Gasteiger partial charge < -0.3 is 15.0 Å². The number of aryl methyl sites for hydroxylation is 1. The zero-order chi connectivity index (χ0) is 22.7. The predicted molar refractivity (Wildman–Crippen MR) is 124 cm³/mol. The summed E-state index contributed by atoms with van der Waals surface area (Å²) in [4.78, 5) is 0. The molecule has 2 aromatic carbocycles. The Kier molecular flexibility index (Phi) is 6.66. The van der Waals surface area contributed by atoms with E-state index in [-0.39, 0.29) is 6.61 Å². The van der Waals surface area contributed by atoms with Gasteiger partial charge in [-0.1, -0.05) is 49.3 Å². The molecule has 4 aromatic rings. The molecule has 0 aliphatic rings. The fourth-order valence-electron chi connectivity index (χ4n) is 3.04. The predicted octanol–water partition coefficient (Wildman–Crippen LogP) is 5.00. The smallest absolute Gasteiger partial charge is 0.247 e. The van der Waals surface area contributed by atoms with E-state index < -0.39 is 0 Å². The number of ether oxygens (including phenoxy) is 1. The first-order chi connectivity index (χ1) is 15.4. The summed E-state index contributed by atoms with van der Waals surface area (Å²) in [6.45, 7) is 6.52. The number of nitrogens with zero attached hydrogens (tertiary/aromatic N) is 5. The second-order valence-electron chi connectivity index (χ2n) is 7.55. The minimum Gasteiger partial charge on any atom is -0.485 e. The number of benzene rings is 2. The Hall–Kier alpha value is -3.04. The molecule has 0 spiro atoms. The maximum atomic E-state index is 6.18. The van der Waals surface area contributed by atoms with Crippen LogP contribution in [0.2, 0.25) is 5.02 Å². The molecule has 166 valence electrons.